The maximum Gasteiger partial charge on any atom is 0.262 e. The number of hydrogen-bond acceptors (Lipinski definition) is 6. The molecule has 162 valence electrons. The van der Waals surface area contributed by atoms with Gasteiger partial charge in [-0.25, -0.2) is 13.9 Å². The Balaban J connectivity index is 1.85. The van der Waals surface area contributed by atoms with E-state index in [-0.39, 0.29) is 11.3 Å². The number of rotatable bonds is 6. The molecule has 0 saturated carbocycles. The van der Waals surface area contributed by atoms with Gasteiger partial charge in [-0.3, -0.25) is 10.0 Å². The highest BCUT2D eigenvalue weighted by molar-refractivity contribution is 7.89. The molecule has 0 aliphatic carbocycles. The lowest BCUT2D eigenvalue weighted by Gasteiger charge is -2.40. The van der Waals surface area contributed by atoms with Gasteiger partial charge in [-0.2, -0.15) is 4.31 Å². The molecule has 1 aliphatic heterocycles. The van der Waals surface area contributed by atoms with Gasteiger partial charge < -0.3 is 4.74 Å². The van der Waals surface area contributed by atoms with Crippen LogP contribution in [-0.4, -0.2) is 37.0 Å². The van der Waals surface area contributed by atoms with Crippen LogP contribution in [-0.2, 0) is 27.7 Å². The Kier molecular flexibility index (Phi) is 6.10. The molecule has 1 amide bonds. The second kappa shape index (κ2) is 8.80. The van der Waals surface area contributed by atoms with Crippen molar-refractivity contribution in [2.45, 2.75) is 29.8 Å². The fraction of sp³-hybridized carbons (Fsp3) is 0.227. The van der Waals surface area contributed by atoms with E-state index in [1.807, 2.05) is 41.8 Å². The SMILES string of the molecule is COc1ccc(S(=O)(=O)N2C(C(=O)NO)Cc3sccc3C2Cc2ccccc2)cc1. The summed E-state index contributed by atoms with van der Waals surface area (Å²) >= 11 is 1.49. The number of carbonyl (C=O) groups excluding carboxylic acids is 1. The molecule has 3 aromatic rings. The first kappa shape index (κ1) is 21.5. The van der Waals surface area contributed by atoms with E-state index in [1.165, 1.54) is 34.9 Å². The molecule has 2 N–H and O–H groups in total. The second-order valence-electron chi connectivity index (χ2n) is 7.21. The largest absolute Gasteiger partial charge is 0.497 e. The van der Waals surface area contributed by atoms with Gasteiger partial charge in [0.25, 0.3) is 5.91 Å². The molecule has 7 nitrogen and oxygen atoms in total. The first-order valence-electron chi connectivity index (χ1n) is 9.67. The molecule has 0 radical (unpaired) electrons. The van der Waals surface area contributed by atoms with Gasteiger partial charge in [-0.1, -0.05) is 30.3 Å². The van der Waals surface area contributed by atoms with E-state index in [1.54, 1.807) is 17.6 Å². The fourth-order valence-corrected chi connectivity index (χ4v) is 6.68. The number of nitrogens with one attached hydrogen (secondary N) is 1. The Morgan fingerprint density at radius 1 is 1.16 bits per heavy atom. The topological polar surface area (TPSA) is 95.9 Å². The van der Waals surface area contributed by atoms with Crippen LogP contribution in [0.15, 0.2) is 70.9 Å². The summed E-state index contributed by atoms with van der Waals surface area (Å²) < 4.78 is 33.9. The van der Waals surface area contributed by atoms with E-state index in [4.69, 9.17) is 4.74 Å². The molecule has 2 unspecified atom stereocenters. The van der Waals surface area contributed by atoms with Gasteiger partial charge in [0.15, 0.2) is 0 Å². The summed E-state index contributed by atoms with van der Waals surface area (Å²) in [6.07, 6.45) is 0.592. The van der Waals surface area contributed by atoms with Gasteiger partial charge in [-0.05, 0) is 53.3 Å². The molecular formula is C22H22N2O5S2. The lowest BCUT2D eigenvalue weighted by Crippen LogP contribution is -2.54. The Bertz CT molecular complexity index is 1160. The van der Waals surface area contributed by atoms with E-state index in [9.17, 15) is 18.4 Å². The third kappa shape index (κ3) is 4.09. The molecule has 1 aliphatic rings. The monoisotopic (exact) mass is 458 g/mol. The minimum atomic E-state index is -4.07. The number of methoxy groups -OCH3 is 1. The van der Waals surface area contributed by atoms with Crippen LogP contribution in [0.3, 0.4) is 0 Å². The summed E-state index contributed by atoms with van der Waals surface area (Å²) in [7, 11) is -2.57. The Morgan fingerprint density at radius 2 is 1.87 bits per heavy atom. The van der Waals surface area contributed by atoms with Gasteiger partial charge in [0, 0.05) is 11.3 Å². The standard InChI is InChI=1S/C22H22N2O5S2/c1-29-16-7-9-17(10-8-16)31(27,28)24-19(13-15-5-3-2-4-6-15)18-11-12-30-21(18)14-20(24)22(25)23-26/h2-12,19-20,26H,13-14H2,1H3,(H,23,25). The van der Waals surface area contributed by atoms with Crippen molar-refractivity contribution in [1.82, 2.24) is 9.79 Å². The molecule has 0 bridgehead atoms. The van der Waals surface area contributed by atoms with Crippen molar-refractivity contribution < 1.29 is 23.2 Å². The molecule has 0 spiro atoms. The van der Waals surface area contributed by atoms with Gasteiger partial charge in [0.2, 0.25) is 10.0 Å². The zero-order valence-electron chi connectivity index (χ0n) is 16.8. The highest BCUT2D eigenvalue weighted by Gasteiger charge is 2.46. The van der Waals surface area contributed by atoms with Gasteiger partial charge in [0.05, 0.1) is 18.0 Å². The van der Waals surface area contributed by atoms with E-state index in [0.717, 1.165) is 16.0 Å². The van der Waals surface area contributed by atoms with Crippen molar-refractivity contribution in [2.24, 2.45) is 0 Å². The third-order valence-electron chi connectivity index (χ3n) is 5.45. The van der Waals surface area contributed by atoms with Crippen LogP contribution >= 0.6 is 11.3 Å². The number of fused-ring (bicyclic) bond motifs is 1. The summed E-state index contributed by atoms with van der Waals surface area (Å²) in [6.45, 7) is 0. The van der Waals surface area contributed by atoms with Crippen molar-refractivity contribution in [3.05, 3.63) is 82.0 Å². The number of ether oxygens (including phenoxy) is 1. The highest BCUT2D eigenvalue weighted by Crippen LogP contribution is 2.41. The normalized spacial score (nSPS) is 18.9. The predicted octanol–water partition coefficient (Wildman–Crippen LogP) is 3.16. The zero-order valence-corrected chi connectivity index (χ0v) is 18.4. The summed E-state index contributed by atoms with van der Waals surface area (Å²) in [5, 5.41) is 11.3. The second-order valence-corrected chi connectivity index (χ2v) is 10.1. The van der Waals surface area contributed by atoms with Crippen molar-refractivity contribution in [2.75, 3.05) is 7.11 Å². The minimum absolute atomic E-state index is 0.0563. The van der Waals surface area contributed by atoms with Crippen LogP contribution in [0.2, 0.25) is 0 Å². The summed E-state index contributed by atoms with van der Waals surface area (Å²) in [5.74, 6) is -0.225. The first-order chi connectivity index (χ1) is 15.0. The molecule has 2 aromatic carbocycles. The van der Waals surface area contributed by atoms with Crippen molar-refractivity contribution in [3.63, 3.8) is 0 Å². The molecular weight excluding hydrogens is 436 g/mol. The first-order valence-corrected chi connectivity index (χ1v) is 12.0. The van der Waals surface area contributed by atoms with Crippen LogP contribution in [0.25, 0.3) is 0 Å². The maximum atomic E-state index is 13.8. The molecule has 0 fully saturated rings. The Morgan fingerprint density at radius 3 is 2.52 bits per heavy atom. The average Bonchev–Trinajstić information content (AvgIpc) is 3.27. The maximum absolute atomic E-state index is 13.8. The number of sulfonamides is 1. The van der Waals surface area contributed by atoms with Gasteiger partial charge in [0.1, 0.15) is 11.8 Å². The number of hydroxylamine groups is 1. The molecule has 0 saturated heterocycles. The molecule has 31 heavy (non-hydrogen) atoms. The fourth-order valence-electron chi connectivity index (χ4n) is 3.96. The highest BCUT2D eigenvalue weighted by atomic mass is 32.2. The van der Waals surface area contributed by atoms with E-state index in [0.29, 0.717) is 12.2 Å². The van der Waals surface area contributed by atoms with Gasteiger partial charge in [-0.15, -0.1) is 11.3 Å². The number of nitrogens with zero attached hydrogens (tertiary/aromatic N) is 1. The van der Waals surface area contributed by atoms with Crippen molar-refractivity contribution >= 4 is 27.3 Å². The number of carbonyl (C=O) groups is 1. The lowest BCUT2D eigenvalue weighted by molar-refractivity contribution is -0.134. The third-order valence-corrected chi connectivity index (χ3v) is 8.34. The number of benzene rings is 2. The minimum Gasteiger partial charge on any atom is -0.497 e. The average molecular weight is 459 g/mol. The Hall–Kier alpha value is -2.72. The summed E-state index contributed by atoms with van der Waals surface area (Å²) in [6, 6.07) is 15.9. The lowest BCUT2D eigenvalue weighted by atomic mass is 9.92. The molecule has 2 atom stereocenters. The number of thiophene rings is 1. The van der Waals surface area contributed by atoms with E-state index in [2.05, 4.69) is 0 Å². The predicted molar refractivity (Wildman–Crippen MR) is 117 cm³/mol. The van der Waals surface area contributed by atoms with Gasteiger partial charge >= 0.3 is 0 Å². The number of hydrogen-bond donors (Lipinski definition) is 2. The van der Waals surface area contributed by atoms with Crippen LogP contribution in [0.1, 0.15) is 22.0 Å². The van der Waals surface area contributed by atoms with Crippen LogP contribution in [0.4, 0.5) is 0 Å². The van der Waals surface area contributed by atoms with E-state index < -0.39 is 28.0 Å². The Labute approximate surface area is 184 Å². The quantitative estimate of drug-likeness (QED) is 0.437. The van der Waals surface area contributed by atoms with Crippen molar-refractivity contribution in [3.8, 4) is 5.75 Å². The molecule has 1 aromatic heterocycles. The summed E-state index contributed by atoms with van der Waals surface area (Å²) in [4.78, 5) is 13.6. The molecule has 9 heteroatoms. The van der Waals surface area contributed by atoms with Crippen LogP contribution in [0, 0.1) is 0 Å². The number of amides is 1. The van der Waals surface area contributed by atoms with Crippen LogP contribution in [0.5, 0.6) is 5.75 Å². The molecule has 4 rings (SSSR count). The summed E-state index contributed by atoms with van der Waals surface area (Å²) in [5.41, 5.74) is 3.48. The van der Waals surface area contributed by atoms with Crippen LogP contribution < -0.4 is 10.2 Å². The molecule has 2 heterocycles. The smallest absolute Gasteiger partial charge is 0.262 e. The van der Waals surface area contributed by atoms with Crippen molar-refractivity contribution in [1.29, 1.82) is 0 Å². The zero-order chi connectivity index (χ0) is 22.0. The van der Waals surface area contributed by atoms with E-state index >= 15 is 0 Å².